The molecular formula is C15H13FN4O2. The lowest BCUT2D eigenvalue weighted by Gasteiger charge is -1.96. The molecule has 0 spiro atoms. The maximum absolute atomic E-state index is 13.2. The highest BCUT2D eigenvalue weighted by molar-refractivity contribution is 5.94. The van der Waals surface area contributed by atoms with Crippen molar-refractivity contribution in [2.45, 2.75) is 0 Å². The number of aromatic amines is 1. The molecule has 0 fully saturated rings. The van der Waals surface area contributed by atoms with Gasteiger partial charge in [-0.05, 0) is 30.3 Å². The molecule has 0 bridgehead atoms. The summed E-state index contributed by atoms with van der Waals surface area (Å²) in [4.78, 5) is 25.3. The first-order valence-electron chi connectivity index (χ1n) is 6.63. The highest BCUT2D eigenvalue weighted by Crippen LogP contribution is 2.25. The lowest BCUT2D eigenvalue weighted by atomic mass is 10.2. The van der Waals surface area contributed by atoms with E-state index in [2.05, 4.69) is 15.4 Å². The van der Waals surface area contributed by atoms with Gasteiger partial charge in [0.2, 0.25) is 0 Å². The minimum Gasteiger partial charge on any atom is -0.353 e. The van der Waals surface area contributed by atoms with Gasteiger partial charge in [-0.3, -0.25) is 9.48 Å². The molecule has 0 saturated heterocycles. The molecule has 7 heteroatoms. The Morgan fingerprint density at radius 3 is 3.00 bits per heavy atom. The maximum atomic E-state index is 13.2. The molecule has 3 aromatic rings. The van der Waals surface area contributed by atoms with Crippen LogP contribution in [0.4, 0.5) is 4.39 Å². The molecule has 112 valence electrons. The number of hydrogen-bond acceptors (Lipinski definition) is 3. The van der Waals surface area contributed by atoms with Gasteiger partial charge in [0.15, 0.2) is 5.69 Å². The van der Waals surface area contributed by atoms with Crippen molar-refractivity contribution >= 4 is 23.1 Å². The highest BCUT2D eigenvalue weighted by Gasteiger charge is 2.15. The first-order valence-corrected chi connectivity index (χ1v) is 6.63. The summed E-state index contributed by atoms with van der Waals surface area (Å²) in [5.74, 6) is -0.729. The van der Waals surface area contributed by atoms with Crippen LogP contribution in [0, 0.1) is 5.82 Å². The molecule has 0 aliphatic carbocycles. The van der Waals surface area contributed by atoms with Crippen LogP contribution < -0.4 is 5.32 Å². The maximum Gasteiger partial charge on any atom is 0.272 e. The summed E-state index contributed by atoms with van der Waals surface area (Å²) in [7, 11) is 1.71. The van der Waals surface area contributed by atoms with Gasteiger partial charge in [0.25, 0.3) is 5.91 Å². The number of halogens is 1. The third kappa shape index (κ3) is 2.48. The molecule has 22 heavy (non-hydrogen) atoms. The highest BCUT2D eigenvalue weighted by atomic mass is 19.1. The summed E-state index contributed by atoms with van der Waals surface area (Å²) in [5.41, 5.74) is 2.42. The standard InChI is InChI=1S/C15H13FN4O2/c1-20-14(8-13(19-20)15(22)17-4-5-21)12-7-9-6-10(16)2-3-11(9)18-12/h2-3,5-8,18H,4H2,1H3,(H,17,22). The molecule has 3 rings (SSSR count). The number of H-pyrrole nitrogens is 1. The van der Waals surface area contributed by atoms with Crippen LogP contribution in [0.3, 0.4) is 0 Å². The number of hydrogen-bond donors (Lipinski definition) is 2. The number of nitrogens with zero attached hydrogens (tertiary/aromatic N) is 2. The van der Waals surface area contributed by atoms with E-state index in [1.807, 2.05) is 0 Å². The zero-order valence-corrected chi connectivity index (χ0v) is 11.8. The second kappa shape index (κ2) is 5.44. The fourth-order valence-electron chi connectivity index (χ4n) is 2.30. The number of nitrogens with one attached hydrogen (secondary N) is 2. The van der Waals surface area contributed by atoms with Gasteiger partial charge < -0.3 is 15.1 Å². The smallest absolute Gasteiger partial charge is 0.272 e. The summed E-state index contributed by atoms with van der Waals surface area (Å²) >= 11 is 0. The number of rotatable bonds is 4. The molecule has 1 amide bonds. The van der Waals surface area contributed by atoms with Crippen molar-refractivity contribution < 1.29 is 14.0 Å². The van der Waals surface area contributed by atoms with E-state index < -0.39 is 5.91 Å². The summed E-state index contributed by atoms with van der Waals surface area (Å²) < 4.78 is 14.8. The van der Waals surface area contributed by atoms with Gasteiger partial charge >= 0.3 is 0 Å². The van der Waals surface area contributed by atoms with Crippen molar-refractivity contribution in [3.63, 3.8) is 0 Å². The normalized spacial score (nSPS) is 10.8. The van der Waals surface area contributed by atoms with E-state index >= 15 is 0 Å². The number of aryl methyl sites for hydroxylation is 1. The molecular weight excluding hydrogens is 287 g/mol. The molecule has 0 saturated carbocycles. The second-order valence-electron chi connectivity index (χ2n) is 4.83. The van der Waals surface area contributed by atoms with Crippen LogP contribution in [-0.4, -0.2) is 33.5 Å². The molecule has 1 aromatic carbocycles. The summed E-state index contributed by atoms with van der Waals surface area (Å²) in [6.45, 7) is -0.0591. The minimum atomic E-state index is -0.420. The molecule has 2 N–H and O–H groups in total. The molecule has 2 heterocycles. The van der Waals surface area contributed by atoms with Gasteiger partial charge in [0.05, 0.1) is 17.9 Å². The Kier molecular flexibility index (Phi) is 3.46. The molecule has 0 unspecified atom stereocenters. The number of benzene rings is 1. The van der Waals surface area contributed by atoms with Crippen LogP contribution in [0.1, 0.15) is 10.5 Å². The number of amides is 1. The third-order valence-corrected chi connectivity index (χ3v) is 3.32. The van der Waals surface area contributed by atoms with Crippen LogP contribution in [0.25, 0.3) is 22.3 Å². The van der Waals surface area contributed by atoms with Gasteiger partial charge in [-0.15, -0.1) is 0 Å². The number of aldehydes is 1. The van der Waals surface area contributed by atoms with Crippen molar-refractivity contribution in [3.05, 3.63) is 41.8 Å². The fraction of sp³-hybridized carbons (Fsp3) is 0.133. The van der Waals surface area contributed by atoms with Gasteiger partial charge in [-0.2, -0.15) is 5.10 Å². The Morgan fingerprint density at radius 2 is 2.23 bits per heavy atom. The van der Waals surface area contributed by atoms with Crippen LogP contribution in [0.15, 0.2) is 30.3 Å². The molecule has 0 aliphatic rings. The largest absolute Gasteiger partial charge is 0.353 e. The first-order chi connectivity index (χ1) is 10.6. The SMILES string of the molecule is Cn1nc(C(=O)NCC=O)cc1-c1cc2cc(F)ccc2[nH]1. The van der Waals surface area contributed by atoms with Crippen LogP contribution in [-0.2, 0) is 11.8 Å². The molecule has 6 nitrogen and oxygen atoms in total. The summed E-state index contributed by atoms with van der Waals surface area (Å²) in [6, 6.07) is 7.87. The second-order valence-corrected chi connectivity index (χ2v) is 4.83. The van der Waals surface area contributed by atoms with E-state index in [9.17, 15) is 14.0 Å². The average Bonchev–Trinajstić information content (AvgIpc) is 3.07. The van der Waals surface area contributed by atoms with Gasteiger partial charge in [-0.1, -0.05) is 0 Å². The molecule has 2 aromatic heterocycles. The Bertz CT molecular complexity index is 866. The van der Waals surface area contributed by atoms with Crippen LogP contribution in [0.5, 0.6) is 0 Å². The number of aromatic nitrogens is 3. The van der Waals surface area contributed by atoms with E-state index in [-0.39, 0.29) is 18.1 Å². The van der Waals surface area contributed by atoms with Crippen molar-refractivity contribution in [1.29, 1.82) is 0 Å². The van der Waals surface area contributed by atoms with Crippen molar-refractivity contribution in [3.8, 4) is 11.4 Å². The molecule has 0 radical (unpaired) electrons. The quantitative estimate of drug-likeness (QED) is 0.719. The van der Waals surface area contributed by atoms with Crippen LogP contribution >= 0.6 is 0 Å². The molecule has 0 aliphatic heterocycles. The van der Waals surface area contributed by atoms with Gasteiger partial charge in [-0.25, -0.2) is 4.39 Å². The van der Waals surface area contributed by atoms with Crippen molar-refractivity contribution in [2.24, 2.45) is 7.05 Å². The van der Waals surface area contributed by atoms with E-state index in [1.165, 1.54) is 12.1 Å². The Morgan fingerprint density at radius 1 is 1.41 bits per heavy atom. The monoisotopic (exact) mass is 300 g/mol. The average molecular weight is 300 g/mol. The molecule has 0 atom stereocenters. The van der Waals surface area contributed by atoms with Gasteiger partial charge in [0.1, 0.15) is 12.1 Å². The number of carbonyl (C=O) groups is 2. The zero-order chi connectivity index (χ0) is 15.7. The summed E-state index contributed by atoms with van der Waals surface area (Å²) in [5, 5.41) is 7.29. The lowest BCUT2D eigenvalue weighted by Crippen LogP contribution is -2.25. The Labute approximate surface area is 124 Å². The number of fused-ring (bicyclic) bond motifs is 1. The predicted octanol–water partition coefficient (Wildman–Crippen LogP) is 1.64. The topological polar surface area (TPSA) is 79.8 Å². The van der Waals surface area contributed by atoms with E-state index in [0.29, 0.717) is 12.0 Å². The zero-order valence-electron chi connectivity index (χ0n) is 11.8. The summed E-state index contributed by atoms with van der Waals surface area (Å²) in [6.07, 6.45) is 0.605. The Balaban J connectivity index is 1.98. The van der Waals surface area contributed by atoms with Crippen molar-refractivity contribution in [1.82, 2.24) is 20.1 Å². The lowest BCUT2D eigenvalue weighted by molar-refractivity contribution is -0.107. The fourth-order valence-corrected chi connectivity index (χ4v) is 2.30. The van der Waals surface area contributed by atoms with E-state index in [0.717, 1.165) is 16.6 Å². The van der Waals surface area contributed by atoms with Crippen LogP contribution in [0.2, 0.25) is 0 Å². The Hall–Kier alpha value is -2.96. The number of carbonyl (C=O) groups excluding carboxylic acids is 2. The predicted molar refractivity (Wildman–Crippen MR) is 78.9 cm³/mol. The first kappa shape index (κ1) is 14.0. The van der Waals surface area contributed by atoms with Gasteiger partial charge in [0, 0.05) is 18.0 Å². The van der Waals surface area contributed by atoms with E-state index in [1.54, 1.807) is 29.9 Å². The van der Waals surface area contributed by atoms with E-state index in [4.69, 9.17) is 0 Å². The third-order valence-electron chi connectivity index (χ3n) is 3.32. The minimum absolute atomic E-state index is 0.0591. The van der Waals surface area contributed by atoms with Crippen molar-refractivity contribution in [2.75, 3.05) is 6.54 Å².